The molecule has 0 bridgehead atoms. The van der Waals surface area contributed by atoms with E-state index in [0.29, 0.717) is 47.4 Å². The number of carbonyl (C=O) groups is 1. The van der Waals surface area contributed by atoms with Crippen molar-refractivity contribution < 1.29 is 9.90 Å². The molecule has 8 nitrogen and oxygen atoms in total. The van der Waals surface area contributed by atoms with Crippen LogP contribution in [0.1, 0.15) is 24.6 Å². The number of imidazole rings is 1. The summed E-state index contributed by atoms with van der Waals surface area (Å²) in [5, 5.41) is 12.9. The summed E-state index contributed by atoms with van der Waals surface area (Å²) >= 11 is 12.0. The van der Waals surface area contributed by atoms with Crippen LogP contribution in [0.15, 0.2) is 59.5 Å². The van der Waals surface area contributed by atoms with E-state index in [1.165, 1.54) is 0 Å². The topological polar surface area (TPSA) is 103 Å². The van der Waals surface area contributed by atoms with Gasteiger partial charge >= 0.3 is 11.7 Å². The number of hydrogen-bond acceptors (Lipinski definition) is 4. The number of aliphatic hydroxyl groups is 1. The fourth-order valence-corrected chi connectivity index (χ4v) is 4.83. The SMILES string of the molecule is O=C(Nc1ccc(Cl)c(Cl)c1)N1CCC(n2c(=O)[nH]c3c(-c4ccc(CO)nc4)cccc32)CC1. The van der Waals surface area contributed by atoms with Crippen LogP contribution < -0.4 is 11.0 Å². The Morgan fingerprint density at radius 2 is 1.91 bits per heavy atom. The molecule has 2 aromatic heterocycles. The second kappa shape index (κ2) is 9.73. The molecule has 2 aromatic carbocycles. The summed E-state index contributed by atoms with van der Waals surface area (Å²) < 4.78 is 1.79. The van der Waals surface area contributed by atoms with Crippen molar-refractivity contribution in [1.82, 2.24) is 19.4 Å². The number of hydrogen-bond donors (Lipinski definition) is 3. The number of amides is 2. The van der Waals surface area contributed by atoms with E-state index in [-0.39, 0.29) is 24.4 Å². The Hall–Kier alpha value is -3.33. The molecular weight excluding hydrogens is 489 g/mol. The standard InChI is InChI=1S/C25H23Cl2N5O3/c26-20-7-6-16(12-21(20)27)29-24(34)31-10-8-18(9-11-31)32-22-3-1-2-19(23(22)30-25(32)35)15-4-5-17(14-33)28-13-15/h1-7,12-13,18,33H,8-11,14H2,(H,29,34)(H,30,35). The first-order chi connectivity index (χ1) is 16.9. The first-order valence-corrected chi connectivity index (χ1v) is 12.0. The van der Waals surface area contributed by atoms with E-state index < -0.39 is 0 Å². The van der Waals surface area contributed by atoms with E-state index in [9.17, 15) is 14.7 Å². The van der Waals surface area contributed by atoms with Gasteiger partial charge in [-0.1, -0.05) is 41.4 Å². The summed E-state index contributed by atoms with van der Waals surface area (Å²) in [5.41, 5.74) is 4.28. The number of aromatic nitrogens is 3. The lowest BCUT2D eigenvalue weighted by Gasteiger charge is -2.32. The second-order valence-electron chi connectivity index (χ2n) is 8.47. The van der Waals surface area contributed by atoms with Crippen LogP contribution in [0.3, 0.4) is 0 Å². The lowest BCUT2D eigenvalue weighted by atomic mass is 10.0. The zero-order valence-electron chi connectivity index (χ0n) is 18.7. The molecule has 1 aliphatic heterocycles. The molecule has 0 aliphatic carbocycles. The number of aromatic amines is 1. The van der Waals surface area contributed by atoms with Crippen molar-refractivity contribution in [3.8, 4) is 11.1 Å². The molecule has 0 atom stereocenters. The van der Waals surface area contributed by atoms with E-state index in [1.807, 2.05) is 24.3 Å². The quantitative estimate of drug-likeness (QED) is 0.356. The molecule has 2 amide bonds. The third-order valence-electron chi connectivity index (χ3n) is 6.34. The highest BCUT2D eigenvalue weighted by molar-refractivity contribution is 6.42. The molecule has 1 aliphatic rings. The number of H-pyrrole nitrogens is 1. The molecule has 5 rings (SSSR count). The first kappa shape index (κ1) is 23.4. The molecule has 0 spiro atoms. The van der Waals surface area contributed by atoms with Gasteiger partial charge in [0.1, 0.15) is 0 Å². The third-order valence-corrected chi connectivity index (χ3v) is 7.08. The van der Waals surface area contributed by atoms with Crippen molar-refractivity contribution in [3.63, 3.8) is 0 Å². The summed E-state index contributed by atoms with van der Waals surface area (Å²) in [5.74, 6) is 0. The van der Waals surface area contributed by atoms with Crippen molar-refractivity contribution in [1.29, 1.82) is 0 Å². The number of anilines is 1. The Labute approximate surface area is 211 Å². The van der Waals surface area contributed by atoms with Gasteiger partial charge in [0, 0.05) is 42.1 Å². The van der Waals surface area contributed by atoms with Crippen LogP contribution in [0, 0.1) is 0 Å². The molecular formula is C25H23Cl2N5O3. The molecule has 35 heavy (non-hydrogen) atoms. The number of rotatable bonds is 4. The van der Waals surface area contributed by atoms with Crippen molar-refractivity contribution in [2.75, 3.05) is 18.4 Å². The Bertz CT molecular complexity index is 1440. The predicted molar refractivity (Wildman–Crippen MR) is 137 cm³/mol. The van der Waals surface area contributed by atoms with Gasteiger partial charge in [-0.3, -0.25) is 9.55 Å². The maximum absolute atomic E-state index is 13.0. The Balaban J connectivity index is 1.33. The van der Waals surface area contributed by atoms with E-state index in [2.05, 4.69) is 15.3 Å². The predicted octanol–water partition coefficient (Wildman–Crippen LogP) is 5.06. The van der Waals surface area contributed by atoms with Crippen LogP contribution >= 0.6 is 23.2 Å². The number of fused-ring (bicyclic) bond motifs is 1. The number of carbonyl (C=O) groups excluding carboxylic acids is 1. The number of para-hydroxylation sites is 1. The maximum atomic E-state index is 13.0. The number of aliphatic hydroxyl groups excluding tert-OH is 1. The monoisotopic (exact) mass is 511 g/mol. The first-order valence-electron chi connectivity index (χ1n) is 11.2. The summed E-state index contributed by atoms with van der Waals surface area (Å²) in [6.07, 6.45) is 3.00. The van der Waals surface area contributed by atoms with E-state index in [0.717, 1.165) is 22.2 Å². The van der Waals surface area contributed by atoms with Gasteiger partial charge in [-0.15, -0.1) is 0 Å². The van der Waals surface area contributed by atoms with E-state index in [1.54, 1.807) is 39.9 Å². The molecule has 3 heterocycles. The highest BCUT2D eigenvalue weighted by Gasteiger charge is 2.26. The lowest BCUT2D eigenvalue weighted by molar-refractivity contribution is 0.184. The van der Waals surface area contributed by atoms with E-state index in [4.69, 9.17) is 23.2 Å². The van der Waals surface area contributed by atoms with Gasteiger partial charge in [-0.05, 0) is 43.2 Å². The average molecular weight is 512 g/mol. The number of urea groups is 1. The Morgan fingerprint density at radius 1 is 1.11 bits per heavy atom. The fraction of sp³-hybridized carbons (Fsp3) is 0.240. The minimum absolute atomic E-state index is 0.0320. The van der Waals surface area contributed by atoms with Crippen LogP contribution in [0.25, 0.3) is 22.2 Å². The van der Waals surface area contributed by atoms with Gasteiger partial charge in [0.2, 0.25) is 0 Å². The highest BCUT2D eigenvalue weighted by Crippen LogP contribution is 2.31. The lowest BCUT2D eigenvalue weighted by Crippen LogP contribution is -2.42. The smallest absolute Gasteiger partial charge is 0.326 e. The van der Waals surface area contributed by atoms with Crippen molar-refractivity contribution >= 4 is 46.0 Å². The number of halogens is 2. The molecule has 1 saturated heterocycles. The summed E-state index contributed by atoms with van der Waals surface area (Å²) in [7, 11) is 0. The maximum Gasteiger partial charge on any atom is 0.326 e. The van der Waals surface area contributed by atoms with Crippen molar-refractivity contribution in [2.45, 2.75) is 25.5 Å². The van der Waals surface area contributed by atoms with Gasteiger partial charge in [-0.25, -0.2) is 9.59 Å². The minimum Gasteiger partial charge on any atom is -0.390 e. The normalized spacial score (nSPS) is 14.4. The number of pyridine rings is 1. The molecule has 1 fully saturated rings. The molecule has 0 saturated carbocycles. The van der Waals surface area contributed by atoms with E-state index >= 15 is 0 Å². The van der Waals surface area contributed by atoms with Crippen molar-refractivity contribution in [3.05, 3.63) is 81.0 Å². The molecule has 180 valence electrons. The summed E-state index contributed by atoms with van der Waals surface area (Å²) in [6.45, 7) is 0.911. The zero-order chi connectivity index (χ0) is 24.5. The molecule has 10 heteroatoms. The van der Waals surface area contributed by atoms with Crippen LogP contribution in [0.2, 0.25) is 10.0 Å². The third kappa shape index (κ3) is 4.65. The molecule has 0 unspecified atom stereocenters. The second-order valence-corrected chi connectivity index (χ2v) is 9.29. The molecule has 4 aromatic rings. The zero-order valence-corrected chi connectivity index (χ0v) is 20.2. The summed E-state index contributed by atoms with van der Waals surface area (Å²) in [4.78, 5) is 34.7. The van der Waals surface area contributed by atoms with Crippen molar-refractivity contribution in [2.24, 2.45) is 0 Å². The van der Waals surface area contributed by atoms with Crippen LogP contribution in [-0.2, 0) is 6.61 Å². The Kier molecular flexibility index (Phi) is 6.51. The van der Waals surface area contributed by atoms with Crippen LogP contribution in [0.5, 0.6) is 0 Å². The largest absolute Gasteiger partial charge is 0.390 e. The highest BCUT2D eigenvalue weighted by atomic mass is 35.5. The minimum atomic E-state index is -0.214. The number of nitrogens with zero attached hydrogens (tertiary/aromatic N) is 3. The molecule has 3 N–H and O–H groups in total. The van der Waals surface area contributed by atoms with Gasteiger partial charge in [0.05, 0.1) is 33.4 Å². The van der Waals surface area contributed by atoms with Crippen LogP contribution in [0.4, 0.5) is 10.5 Å². The van der Waals surface area contributed by atoms with Crippen LogP contribution in [-0.4, -0.2) is 43.7 Å². The number of benzene rings is 2. The average Bonchev–Trinajstić information content (AvgIpc) is 3.22. The number of piperidine rings is 1. The molecule has 0 radical (unpaired) electrons. The van der Waals surface area contributed by atoms with Gasteiger partial charge in [0.15, 0.2) is 0 Å². The fourth-order valence-electron chi connectivity index (χ4n) is 4.53. The Morgan fingerprint density at radius 3 is 2.60 bits per heavy atom. The number of likely N-dealkylation sites (tertiary alicyclic amines) is 1. The number of nitrogens with one attached hydrogen (secondary N) is 2. The van der Waals surface area contributed by atoms with Gasteiger partial charge in [0.25, 0.3) is 0 Å². The summed E-state index contributed by atoms with van der Waals surface area (Å²) in [6, 6.07) is 14.1. The van der Waals surface area contributed by atoms with Gasteiger partial charge in [-0.2, -0.15) is 0 Å². The van der Waals surface area contributed by atoms with Gasteiger partial charge < -0.3 is 20.3 Å².